The molecule has 6 atom stereocenters. The van der Waals surface area contributed by atoms with Crippen molar-refractivity contribution in [3.8, 4) is 0 Å². The number of carbonyl (C=O) groups excluding carboxylic acids is 3. The molecule has 1 N–H and O–H groups in total. The van der Waals surface area contributed by atoms with Crippen molar-refractivity contribution in [2.45, 2.75) is 81.4 Å². The number of fused-ring (bicyclic) bond motifs is 1. The minimum Gasteiger partial charge on any atom is -0.394 e. The molecule has 3 aliphatic heterocycles. The normalized spacial score (nSPS) is 31.9. The van der Waals surface area contributed by atoms with Gasteiger partial charge in [-0.3, -0.25) is 14.4 Å². The van der Waals surface area contributed by atoms with E-state index in [4.69, 9.17) is 0 Å². The molecule has 7 nitrogen and oxygen atoms in total. The van der Waals surface area contributed by atoms with Gasteiger partial charge < -0.3 is 19.8 Å². The Labute approximate surface area is 215 Å². The molecule has 0 aliphatic carbocycles. The molecule has 0 aromatic rings. The van der Waals surface area contributed by atoms with Crippen LogP contribution in [0.2, 0.25) is 0 Å². The van der Waals surface area contributed by atoms with Crippen LogP contribution >= 0.6 is 11.8 Å². The van der Waals surface area contributed by atoms with Crippen molar-refractivity contribution in [1.29, 1.82) is 0 Å². The molecule has 1 spiro atoms. The predicted molar refractivity (Wildman–Crippen MR) is 141 cm³/mol. The summed E-state index contributed by atoms with van der Waals surface area (Å²) in [5.41, 5.74) is 0. The number of hydrogen-bond acceptors (Lipinski definition) is 5. The predicted octanol–water partition coefficient (Wildman–Crippen LogP) is 3.09. The number of hydrogen-bond donors (Lipinski definition) is 1. The maximum Gasteiger partial charge on any atom is 0.247 e. The van der Waals surface area contributed by atoms with Crippen LogP contribution in [0.1, 0.15) is 59.8 Å². The highest BCUT2D eigenvalue weighted by atomic mass is 32.2. The monoisotopic (exact) mass is 505 g/mol. The highest BCUT2D eigenvalue weighted by molar-refractivity contribution is 8.02. The Hall–Kier alpha value is -1.80. The van der Waals surface area contributed by atoms with Gasteiger partial charge in [-0.05, 0) is 39.5 Å². The maximum atomic E-state index is 14.1. The van der Waals surface area contributed by atoms with E-state index in [1.807, 2.05) is 11.8 Å². The van der Waals surface area contributed by atoms with Crippen molar-refractivity contribution >= 4 is 29.5 Å². The summed E-state index contributed by atoms with van der Waals surface area (Å²) in [5.74, 6) is -1.32. The van der Waals surface area contributed by atoms with Crippen LogP contribution in [0.4, 0.5) is 0 Å². The smallest absolute Gasteiger partial charge is 0.247 e. The number of nitrogens with zero attached hydrogens (tertiary/aromatic N) is 3. The lowest BCUT2D eigenvalue weighted by molar-refractivity contribution is -0.147. The average Bonchev–Trinajstić information content (AvgIpc) is 3.41. The summed E-state index contributed by atoms with van der Waals surface area (Å²) in [4.78, 5) is 47.4. The SMILES string of the molecule is C=CCN(CCCC)C(=O)C1N([C@H](C)CO)C(=O)[C@@H]2[C@H](C(=O)N(CC=C)CCC)[C@]3(C)CCC12S3. The summed E-state index contributed by atoms with van der Waals surface area (Å²) in [6, 6.07) is -1.20. The minimum atomic E-state index is -0.692. The third-order valence-electron chi connectivity index (χ3n) is 8.05. The Morgan fingerprint density at radius 2 is 1.77 bits per heavy atom. The Morgan fingerprint density at radius 1 is 1.14 bits per heavy atom. The summed E-state index contributed by atoms with van der Waals surface area (Å²) in [5, 5.41) is 10.1. The highest BCUT2D eigenvalue weighted by Gasteiger charge is 2.77. The van der Waals surface area contributed by atoms with Crippen molar-refractivity contribution in [2.24, 2.45) is 11.8 Å². The van der Waals surface area contributed by atoms with E-state index in [1.54, 1.807) is 40.6 Å². The third-order valence-corrected chi connectivity index (χ3v) is 10.0. The molecular weight excluding hydrogens is 462 g/mol. The molecular formula is C27H43N3O4S. The molecule has 8 heteroatoms. The lowest BCUT2D eigenvalue weighted by Gasteiger charge is -2.39. The van der Waals surface area contributed by atoms with E-state index in [0.29, 0.717) is 32.6 Å². The molecule has 0 saturated carbocycles. The number of carbonyl (C=O) groups is 3. The van der Waals surface area contributed by atoms with Gasteiger partial charge >= 0.3 is 0 Å². The van der Waals surface area contributed by atoms with Crippen LogP contribution in [0.15, 0.2) is 25.3 Å². The quantitative estimate of drug-likeness (QED) is 0.389. The van der Waals surface area contributed by atoms with Gasteiger partial charge in [-0.25, -0.2) is 0 Å². The van der Waals surface area contributed by atoms with Crippen molar-refractivity contribution in [3.05, 3.63) is 25.3 Å². The Bertz CT molecular complexity index is 850. The minimum absolute atomic E-state index is 0.0136. The molecule has 0 aromatic carbocycles. The fourth-order valence-electron chi connectivity index (χ4n) is 6.46. The number of likely N-dealkylation sites (tertiary alicyclic amines) is 1. The first-order chi connectivity index (χ1) is 16.7. The van der Waals surface area contributed by atoms with E-state index in [0.717, 1.165) is 25.7 Å². The summed E-state index contributed by atoms with van der Waals surface area (Å²) in [7, 11) is 0. The van der Waals surface area contributed by atoms with Gasteiger partial charge in [-0.1, -0.05) is 32.4 Å². The van der Waals surface area contributed by atoms with Gasteiger partial charge in [-0.2, -0.15) is 0 Å². The molecule has 2 bridgehead atoms. The van der Waals surface area contributed by atoms with Crippen LogP contribution in [0.5, 0.6) is 0 Å². The second-order valence-electron chi connectivity index (χ2n) is 10.5. The number of amides is 3. The average molecular weight is 506 g/mol. The van der Waals surface area contributed by atoms with Crippen LogP contribution < -0.4 is 0 Å². The lowest BCUT2D eigenvalue weighted by atomic mass is 9.66. The molecule has 196 valence electrons. The van der Waals surface area contributed by atoms with E-state index in [1.165, 1.54) is 0 Å². The Kier molecular flexibility index (Phi) is 8.79. The standard InChI is InChI=1S/C27H43N3O4S/c1-7-11-17-29(16-10-4)25(34)22-27-13-12-26(6,35-27)20(23(32)28(14-8-2)15-9-3)21(27)24(33)30(22)19(5)18-31/h8,10,19-22,31H,2,4,7,9,11-18H2,1,3,5-6H3/t19-,20-,21+,22?,26+,27?/m1/s1. The van der Waals surface area contributed by atoms with E-state index in [9.17, 15) is 19.5 Å². The van der Waals surface area contributed by atoms with Gasteiger partial charge in [0.15, 0.2) is 0 Å². The molecule has 0 radical (unpaired) electrons. The summed E-state index contributed by atoms with van der Waals surface area (Å²) in [6.45, 7) is 17.5. The first-order valence-electron chi connectivity index (χ1n) is 13.1. The highest BCUT2D eigenvalue weighted by Crippen LogP contribution is 2.71. The number of thioether (sulfide) groups is 1. The molecule has 3 amide bonds. The van der Waals surface area contributed by atoms with E-state index < -0.39 is 33.4 Å². The van der Waals surface area contributed by atoms with Crippen molar-refractivity contribution < 1.29 is 19.5 Å². The first-order valence-corrected chi connectivity index (χ1v) is 13.9. The molecule has 0 aromatic heterocycles. The van der Waals surface area contributed by atoms with Crippen LogP contribution in [0, 0.1) is 11.8 Å². The summed E-state index contributed by atoms with van der Waals surface area (Å²) >= 11 is 1.68. The van der Waals surface area contributed by atoms with Gasteiger partial charge in [0.05, 0.1) is 29.2 Å². The van der Waals surface area contributed by atoms with Crippen molar-refractivity contribution in [3.63, 3.8) is 0 Å². The largest absolute Gasteiger partial charge is 0.394 e. The van der Waals surface area contributed by atoms with E-state index in [-0.39, 0.29) is 24.3 Å². The van der Waals surface area contributed by atoms with Crippen LogP contribution in [-0.4, -0.2) is 91.9 Å². The van der Waals surface area contributed by atoms with Gasteiger partial charge in [0.25, 0.3) is 0 Å². The second kappa shape index (κ2) is 11.1. The molecule has 3 fully saturated rings. The molecule has 3 heterocycles. The van der Waals surface area contributed by atoms with Crippen molar-refractivity contribution in [1.82, 2.24) is 14.7 Å². The molecule has 35 heavy (non-hydrogen) atoms. The zero-order valence-electron chi connectivity index (χ0n) is 21.9. The fraction of sp³-hybridized carbons (Fsp3) is 0.741. The van der Waals surface area contributed by atoms with E-state index >= 15 is 0 Å². The number of rotatable bonds is 13. The molecule has 3 aliphatic rings. The molecule has 3 rings (SSSR count). The third kappa shape index (κ3) is 4.57. The van der Waals surface area contributed by atoms with Crippen molar-refractivity contribution in [2.75, 3.05) is 32.8 Å². The summed E-state index contributed by atoms with van der Waals surface area (Å²) in [6.07, 6.45) is 7.60. The number of unbranched alkanes of at least 4 members (excludes halogenated alkanes) is 1. The number of aliphatic hydroxyl groups excluding tert-OH is 1. The van der Waals surface area contributed by atoms with Gasteiger partial charge in [0, 0.05) is 30.9 Å². The van der Waals surface area contributed by atoms with Gasteiger partial charge in [-0.15, -0.1) is 24.9 Å². The van der Waals surface area contributed by atoms with E-state index in [2.05, 4.69) is 27.0 Å². The Morgan fingerprint density at radius 3 is 2.31 bits per heavy atom. The first kappa shape index (κ1) is 27.8. The molecule has 2 unspecified atom stereocenters. The maximum absolute atomic E-state index is 14.1. The topological polar surface area (TPSA) is 81.2 Å². The van der Waals surface area contributed by atoms with Crippen LogP contribution in [-0.2, 0) is 14.4 Å². The van der Waals surface area contributed by atoms with Gasteiger partial charge in [0.2, 0.25) is 17.7 Å². The second-order valence-corrected chi connectivity index (χ2v) is 12.4. The van der Waals surface area contributed by atoms with Crippen LogP contribution in [0.3, 0.4) is 0 Å². The zero-order chi connectivity index (χ0) is 26.0. The van der Waals surface area contributed by atoms with Gasteiger partial charge in [0.1, 0.15) is 6.04 Å². The lowest BCUT2D eigenvalue weighted by Crippen LogP contribution is -2.57. The zero-order valence-corrected chi connectivity index (χ0v) is 22.7. The fourth-order valence-corrected chi connectivity index (χ4v) is 8.79. The summed E-state index contributed by atoms with van der Waals surface area (Å²) < 4.78 is -1.06. The number of aliphatic hydroxyl groups is 1. The molecule has 3 saturated heterocycles. The Balaban J connectivity index is 2.08. The van der Waals surface area contributed by atoms with Crippen LogP contribution in [0.25, 0.3) is 0 Å².